The molecule has 0 spiro atoms. The third-order valence-electron chi connectivity index (χ3n) is 4.10. The van der Waals surface area contributed by atoms with Crippen molar-refractivity contribution in [2.24, 2.45) is 0 Å². The SMILES string of the molecule is Nc1ccc(C2(C(=O)Cc3ccc(F)c(Br)c3)CC2)cc1. The Kier molecular flexibility index (Phi) is 3.57. The third kappa shape index (κ3) is 2.72. The number of nitrogens with two attached hydrogens (primary N) is 1. The molecule has 1 saturated carbocycles. The summed E-state index contributed by atoms with van der Waals surface area (Å²) in [5.74, 6) is -0.128. The topological polar surface area (TPSA) is 43.1 Å². The van der Waals surface area contributed by atoms with Gasteiger partial charge in [0.25, 0.3) is 0 Å². The van der Waals surface area contributed by atoms with Crippen LogP contribution in [0, 0.1) is 5.82 Å². The molecule has 1 fully saturated rings. The minimum atomic E-state index is -0.367. The second kappa shape index (κ2) is 5.26. The molecule has 4 heteroatoms. The minimum absolute atomic E-state index is 0.186. The van der Waals surface area contributed by atoms with Crippen LogP contribution in [-0.2, 0) is 16.6 Å². The fourth-order valence-corrected chi connectivity index (χ4v) is 3.09. The lowest BCUT2D eigenvalue weighted by atomic mass is 9.88. The molecular formula is C17H15BrFNO. The van der Waals surface area contributed by atoms with E-state index in [1.807, 2.05) is 24.3 Å². The van der Waals surface area contributed by atoms with Crippen molar-refractivity contribution in [1.82, 2.24) is 0 Å². The van der Waals surface area contributed by atoms with Crippen LogP contribution in [0.3, 0.4) is 0 Å². The van der Waals surface area contributed by atoms with Gasteiger partial charge < -0.3 is 5.73 Å². The number of hydrogen-bond donors (Lipinski definition) is 1. The molecule has 21 heavy (non-hydrogen) atoms. The normalized spacial score (nSPS) is 15.7. The van der Waals surface area contributed by atoms with Crippen LogP contribution in [0.4, 0.5) is 10.1 Å². The van der Waals surface area contributed by atoms with Crippen LogP contribution in [0.2, 0.25) is 0 Å². The number of halogens is 2. The van der Waals surface area contributed by atoms with E-state index in [4.69, 9.17) is 5.73 Å². The van der Waals surface area contributed by atoms with Crippen molar-refractivity contribution < 1.29 is 9.18 Å². The fourth-order valence-electron chi connectivity index (χ4n) is 2.66. The molecule has 108 valence electrons. The number of carbonyl (C=O) groups is 1. The van der Waals surface area contributed by atoms with Crippen molar-refractivity contribution in [3.8, 4) is 0 Å². The number of rotatable bonds is 4. The first-order valence-corrected chi connectivity index (χ1v) is 7.64. The summed E-state index contributed by atoms with van der Waals surface area (Å²) in [4.78, 5) is 12.6. The lowest BCUT2D eigenvalue weighted by Crippen LogP contribution is -2.22. The largest absolute Gasteiger partial charge is 0.399 e. The highest BCUT2D eigenvalue weighted by atomic mass is 79.9. The van der Waals surface area contributed by atoms with E-state index >= 15 is 0 Å². The van der Waals surface area contributed by atoms with Gasteiger partial charge in [-0.05, 0) is 64.2 Å². The maximum absolute atomic E-state index is 13.2. The lowest BCUT2D eigenvalue weighted by molar-refractivity contribution is -0.120. The van der Waals surface area contributed by atoms with E-state index in [0.29, 0.717) is 16.6 Å². The maximum Gasteiger partial charge on any atom is 0.147 e. The van der Waals surface area contributed by atoms with Crippen molar-refractivity contribution in [2.45, 2.75) is 24.7 Å². The molecule has 0 saturated heterocycles. The van der Waals surface area contributed by atoms with Gasteiger partial charge in [-0.3, -0.25) is 4.79 Å². The number of Topliss-reactive ketones (excluding diaryl/α,β-unsaturated/α-hetero) is 1. The molecule has 2 aromatic rings. The number of ketones is 1. The molecule has 0 amide bonds. The summed E-state index contributed by atoms with van der Waals surface area (Å²) >= 11 is 3.15. The summed E-state index contributed by atoms with van der Waals surface area (Å²) in [7, 11) is 0. The zero-order valence-electron chi connectivity index (χ0n) is 11.4. The standard InChI is InChI=1S/C17H15BrFNO/c18-14-9-11(1-6-15(14)19)10-16(21)17(7-8-17)12-2-4-13(20)5-3-12/h1-6,9H,7-8,10,20H2. The molecule has 2 aromatic carbocycles. The van der Waals surface area contributed by atoms with Gasteiger partial charge in [0, 0.05) is 12.1 Å². The van der Waals surface area contributed by atoms with Crippen LogP contribution >= 0.6 is 15.9 Å². The van der Waals surface area contributed by atoms with E-state index in [-0.39, 0.29) is 17.0 Å². The van der Waals surface area contributed by atoms with Gasteiger partial charge in [-0.1, -0.05) is 18.2 Å². The van der Waals surface area contributed by atoms with Crippen molar-refractivity contribution in [3.63, 3.8) is 0 Å². The van der Waals surface area contributed by atoms with Gasteiger partial charge in [0.1, 0.15) is 11.6 Å². The molecule has 2 nitrogen and oxygen atoms in total. The molecule has 1 aliphatic carbocycles. The second-order valence-corrected chi connectivity index (χ2v) is 6.41. The van der Waals surface area contributed by atoms with Crippen LogP contribution in [0.15, 0.2) is 46.9 Å². The second-order valence-electron chi connectivity index (χ2n) is 5.55. The van der Waals surface area contributed by atoms with E-state index in [1.165, 1.54) is 6.07 Å². The maximum atomic E-state index is 13.2. The highest BCUT2D eigenvalue weighted by Gasteiger charge is 2.50. The van der Waals surface area contributed by atoms with Crippen molar-refractivity contribution in [2.75, 3.05) is 5.73 Å². The first-order chi connectivity index (χ1) is 10.0. The molecule has 3 rings (SSSR count). The third-order valence-corrected chi connectivity index (χ3v) is 4.70. The van der Waals surface area contributed by atoms with E-state index in [1.54, 1.807) is 12.1 Å². The molecule has 0 aliphatic heterocycles. The highest BCUT2D eigenvalue weighted by Crippen LogP contribution is 2.49. The summed E-state index contributed by atoms with van der Waals surface area (Å²) in [6, 6.07) is 12.2. The van der Waals surface area contributed by atoms with Crippen molar-refractivity contribution >= 4 is 27.4 Å². The van der Waals surface area contributed by atoms with E-state index in [2.05, 4.69) is 15.9 Å². The zero-order chi connectivity index (χ0) is 15.0. The Hall–Kier alpha value is -1.68. The van der Waals surface area contributed by atoms with Crippen LogP contribution < -0.4 is 5.73 Å². The average molecular weight is 348 g/mol. The van der Waals surface area contributed by atoms with Gasteiger partial charge >= 0.3 is 0 Å². The van der Waals surface area contributed by atoms with Crippen LogP contribution in [0.1, 0.15) is 24.0 Å². The van der Waals surface area contributed by atoms with E-state index in [9.17, 15) is 9.18 Å². The van der Waals surface area contributed by atoms with Gasteiger partial charge in [0.05, 0.1) is 9.89 Å². The summed E-state index contributed by atoms with van der Waals surface area (Å²) in [5, 5.41) is 0. The molecule has 2 N–H and O–H groups in total. The molecular weight excluding hydrogens is 333 g/mol. The van der Waals surface area contributed by atoms with Crippen molar-refractivity contribution in [1.29, 1.82) is 0 Å². The predicted octanol–water partition coefficient (Wildman–Crippen LogP) is 4.01. The Morgan fingerprint density at radius 1 is 1.19 bits per heavy atom. The van der Waals surface area contributed by atoms with Gasteiger partial charge in [0.2, 0.25) is 0 Å². The summed E-state index contributed by atoms with van der Waals surface area (Å²) in [6.45, 7) is 0. The van der Waals surface area contributed by atoms with Crippen LogP contribution in [0.25, 0.3) is 0 Å². The number of benzene rings is 2. The fraction of sp³-hybridized carbons (Fsp3) is 0.235. The minimum Gasteiger partial charge on any atom is -0.399 e. The lowest BCUT2D eigenvalue weighted by Gasteiger charge is -2.15. The smallest absolute Gasteiger partial charge is 0.147 e. The first kappa shape index (κ1) is 14.3. The Balaban J connectivity index is 1.81. The monoisotopic (exact) mass is 347 g/mol. The number of anilines is 1. The van der Waals surface area contributed by atoms with Crippen LogP contribution in [-0.4, -0.2) is 5.78 Å². The molecule has 0 aromatic heterocycles. The molecule has 0 heterocycles. The highest BCUT2D eigenvalue weighted by molar-refractivity contribution is 9.10. The molecule has 0 radical (unpaired) electrons. The van der Waals surface area contributed by atoms with Gasteiger partial charge in [-0.2, -0.15) is 0 Å². The first-order valence-electron chi connectivity index (χ1n) is 6.84. The van der Waals surface area contributed by atoms with Gasteiger partial charge in [-0.15, -0.1) is 0 Å². The Labute approximate surface area is 131 Å². The predicted molar refractivity (Wildman–Crippen MR) is 84.6 cm³/mol. The molecule has 1 aliphatic rings. The Morgan fingerprint density at radius 2 is 1.86 bits per heavy atom. The number of carbonyl (C=O) groups excluding carboxylic acids is 1. The Bertz CT molecular complexity index is 692. The zero-order valence-corrected chi connectivity index (χ0v) is 13.0. The van der Waals surface area contributed by atoms with Crippen LogP contribution in [0.5, 0.6) is 0 Å². The van der Waals surface area contributed by atoms with E-state index < -0.39 is 0 Å². The summed E-state index contributed by atoms with van der Waals surface area (Å²) in [5.41, 5.74) is 7.89. The van der Waals surface area contributed by atoms with E-state index in [0.717, 1.165) is 24.0 Å². The Morgan fingerprint density at radius 3 is 2.43 bits per heavy atom. The van der Waals surface area contributed by atoms with Gasteiger partial charge in [0.15, 0.2) is 0 Å². The summed E-state index contributed by atoms with van der Waals surface area (Å²) < 4.78 is 13.6. The number of hydrogen-bond acceptors (Lipinski definition) is 2. The number of nitrogen functional groups attached to an aromatic ring is 1. The average Bonchev–Trinajstić information content (AvgIpc) is 3.25. The van der Waals surface area contributed by atoms with Gasteiger partial charge in [-0.25, -0.2) is 4.39 Å². The summed E-state index contributed by atoms with van der Waals surface area (Å²) in [6.07, 6.45) is 2.07. The molecule has 0 unspecified atom stereocenters. The quantitative estimate of drug-likeness (QED) is 0.849. The van der Waals surface area contributed by atoms with Crippen molar-refractivity contribution in [3.05, 3.63) is 63.9 Å². The molecule has 0 atom stereocenters. The molecule has 0 bridgehead atoms.